The average Bonchev–Trinajstić information content (AvgIpc) is 3.08. The maximum absolute atomic E-state index is 12.8. The Morgan fingerprint density at radius 2 is 1.65 bits per heavy atom. The second-order valence-electron chi connectivity index (χ2n) is 5.90. The van der Waals surface area contributed by atoms with Gasteiger partial charge in [-0.15, -0.1) is 0 Å². The third-order valence-corrected chi connectivity index (χ3v) is 4.57. The van der Waals surface area contributed by atoms with E-state index in [0.717, 1.165) is 24.0 Å². The molecule has 0 spiro atoms. The van der Waals surface area contributed by atoms with Crippen molar-refractivity contribution in [2.45, 2.75) is 31.7 Å². The standard InChI is InChI=1S/C20H20ClNO/c21-19-13-7-4-10-16(19)14-18(15-8-2-1-3-9-15)20(23)22-17-11-5-6-12-17/h1-4,7-10,13-14,17H,5-6,11-12H2,(H,22,23). The van der Waals surface area contributed by atoms with E-state index in [4.69, 9.17) is 11.6 Å². The number of nitrogens with one attached hydrogen (secondary N) is 1. The van der Waals surface area contributed by atoms with Crippen molar-refractivity contribution in [3.05, 3.63) is 70.7 Å². The Labute approximate surface area is 142 Å². The van der Waals surface area contributed by atoms with Gasteiger partial charge in [-0.3, -0.25) is 4.79 Å². The topological polar surface area (TPSA) is 29.1 Å². The lowest BCUT2D eigenvalue weighted by molar-refractivity contribution is -0.116. The first kappa shape index (κ1) is 15.8. The van der Waals surface area contributed by atoms with Crippen LogP contribution in [0.1, 0.15) is 36.8 Å². The summed E-state index contributed by atoms with van der Waals surface area (Å²) in [5.74, 6) is -0.0250. The molecule has 3 rings (SSSR count). The first-order valence-corrected chi connectivity index (χ1v) is 8.44. The van der Waals surface area contributed by atoms with Gasteiger partial charge in [0.25, 0.3) is 5.91 Å². The molecule has 1 N–H and O–H groups in total. The van der Waals surface area contributed by atoms with Gasteiger partial charge in [-0.05, 0) is 36.1 Å². The van der Waals surface area contributed by atoms with Gasteiger partial charge in [-0.2, -0.15) is 0 Å². The van der Waals surface area contributed by atoms with Crippen LogP contribution in [0.3, 0.4) is 0 Å². The van der Waals surface area contributed by atoms with Crippen molar-refractivity contribution >= 4 is 29.2 Å². The van der Waals surface area contributed by atoms with Gasteiger partial charge in [0.1, 0.15) is 0 Å². The smallest absolute Gasteiger partial charge is 0.252 e. The molecule has 0 saturated heterocycles. The van der Waals surface area contributed by atoms with E-state index in [1.165, 1.54) is 12.8 Å². The number of benzene rings is 2. The van der Waals surface area contributed by atoms with E-state index in [1.807, 2.05) is 60.7 Å². The van der Waals surface area contributed by atoms with Crippen LogP contribution in [0.4, 0.5) is 0 Å². The summed E-state index contributed by atoms with van der Waals surface area (Å²) in [4.78, 5) is 12.8. The van der Waals surface area contributed by atoms with Gasteiger partial charge >= 0.3 is 0 Å². The van der Waals surface area contributed by atoms with Crippen LogP contribution in [0.5, 0.6) is 0 Å². The predicted molar refractivity (Wildman–Crippen MR) is 96.2 cm³/mol. The van der Waals surface area contributed by atoms with E-state index in [2.05, 4.69) is 5.32 Å². The maximum atomic E-state index is 12.8. The zero-order valence-electron chi connectivity index (χ0n) is 13.0. The molecule has 2 aromatic carbocycles. The van der Waals surface area contributed by atoms with Crippen LogP contribution >= 0.6 is 11.6 Å². The Balaban J connectivity index is 1.93. The lowest BCUT2D eigenvalue weighted by Gasteiger charge is -2.15. The Hall–Kier alpha value is -2.06. The van der Waals surface area contributed by atoms with Crippen molar-refractivity contribution in [2.24, 2.45) is 0 Å². The average molecular weight is 326 g/mol. The van der Waals surface area contributed by atoms with Gasteiger partial charge in [0.2, 0.25) is 0 Å². The Morgan fingerprint density at radius 3 is 2.35 bits per heavy atom. The largest absolute Gasteiger partial charge is 0.349 e. The molecule has 3 heteroatoms. The number of amides is 1. The summed E-state index contributed by atoms with van der Waals surface area (Å²) >= 11 is 6.25. The minimum atomic E-state index is -0.0250. The molecule has 0 aliphatic heterocycles. The molecule has 1 aliphatic carbocycles. The van der Waals surface area contributed by atoms with E-state index in [-0.39, 0.29) is 5.91 Å². The van der Waals surface area contributed by atoms with Crippen LogP contribution in [-0.2, 0) is 4.79 Å². The summed E-state index contributed by atoms with van der Waals surface area (Å²) in [6.07, 6.45) is 6.40. The fourth-order valence-corrected chi connectivity index (χ4v) is 3.17. The van der Waals surface area contributed by atoms with Crippen LogP contribution in [-0.4, -0.2) is 11.9 Å². The van der Waals surface area contributed by atoms with Gasteiger partial charge in [0.15, 0.2) is 0 Å². The molecule has 23 heavy (non-hydrogen) atoms. The molecule has 1 aliphatic rings. The SMILES string of the molecule is O=C(NC1CCCC1)C(=Cc1ccccc1Cl)c1ccccc1. The summed E-state index contributed by atoms with van der Waals surface area (Å²) in [5, 5.41) is 3.81. The monoisotopic (exact) mass is 325 g/mol. The molecule has 1 amide bonds. The van der Waals surface area contributed by atoms with E-state index < -0.39 is 0 Å². The molecular formula is C20H20ClNO. The quantitative estimate of drug-likeness (QED) is 0.626. The molecule has 0 bridgehead atoms. The van der Waals surface area contributed by atoms with Crippen LogP contribution in [0, 0.1) is 0 Å². The van der Waals surface area contributed by atoms with Crippen LogP contribution in [0.25, 0.3) is 11.6 Å². The molecule has 2 nitrogen and oxygen atoms in total. The first-order valence-electron chi connectivity index (χ1n) is 8.06. The summed E-state index contributed by atoms with van der Waals surface area (Å²) in [5.41, 5.74) is 2.42. The summed E-state index contributed by atoms with van der Waals surface area (Å²) in [6.45, 7) is 0. The van der Waals surface area contributed by atoms with Crippen molar-refractivity contribution in [1.29, 1.82) is 0 Å². The molecule has 0 atom stereocenters. The van der Waals surface area contributed by atoms with E-state index in [9.17, 15) is 4.79 Å². The Kier molecular flexibility index (Phi) is 5.14. The van der Waals surface area contributed by atoms with Gasteiger partial charge in [0, 0.05) is 16.6 Å². The summed E-state index contributed by atoms with van der Waals surface area (Å²) < 4.78 is 0. The molecule has 1 saturated carbocycles. The van der Waals surface area contributed by atoms with Crippen molar-refractivity contribution < 1.29 is 4.79 Å². The van der Waals surface area contributed by atoms with Gasteiger partial charge in [0.05, 0.1) is 0 Å². The van der Waals surface area contributed by atoms with Crippen LogP contribution in [0.15, 0.2) is 54.6 Å². The van der Waals surface area contributed by atoms with Gasteiger partial charge in [-0.25, -0.2) is 0 Å². The van der Waals surface area contributed by atoms with Crippen LogP contribution in [0.2, 0.25) is 5.02 Å². The third-order valence-electron chi connectivity index (χ3n) is 4.22. The number of halogens is 1. The minimum absolute atomic E-state index is 0.0250. The fourth-order valence-electron chi connectivity index (χ4n) is 2.98. The second-order valence-corrected chi connectivity index (χ2v) is 6.31. The van der Waals surface area contributed by atoms with Crippen molar-refractivity contribution in [3.63, 3.8) is 0 Å². The zero-order chi connectivity index (χ0) is 16.1. The highest BCUT2D eigenvalue weighted by atomic mass is 35.5. The highest BCUT2D eigenvalue weighted by Gasteiger charge is 2.20. The number of hydrogen-bond acceptors (Lipinski definition) is 1. The molecular weight excluding hydrogens is 306 g/mol. The summed E-state index contributed by atoms with van der Waals surface area (Å²) in [7, 11) is 0. The zero-order valence-corrected chi connectivity index (χ0v) is 13.7. The number of rotatable bonds is 4. The van der Waals surface area contributed by atoms with Crippen molar-refractivity contribution in [3.8, 4) is 0 Å². The van der Waals surface area contributed by atoms with Crippen molar-refractivity contribution in [2.75, 3.05) is 0 Å². The highest BCUT2D eigenvalue weighted by Crippen LogP contribution is 2.25. The Morgan fingerprint density at radius 1 is 1.00 bits per heavy atom. The third kappa shape index (κ3) is 4.02. The molecule has 118 valence electrons. The lowest BCUT2D eigenvalue weighted by atomic mass is 10.0. The van der Waals surface area contributed by atoms with E-state index in [0.29, 0.717) is 16.6 Å². The number of carbonyl (C=O) groups is 1. The minimum Gasteiger partial charge on any atom is -0.349 e. The predicted octanol–water partition coefficient (Wildman–Crippen LogP) is 4.94. The Bertz CT molecular complexity index is 703. The molecule has 1 fully saturated rings. The van der Waals surface area contributed by atoms with Gasteiger partial charge in [-0.1, -0.05) is 73.0 Å². The second kappa shape index (κ2) is 7.47. The van der Waals surface area contributed by atoms with Crippen LogP contribution < -0.4 is 5.32 Å². The maximum Gasteiger partial charge on any atom is 0.252 e. The summed E-state index contributed by atoms with van der Waals surface area (Å²) in [6, 6.07) is 17.6. The highest BCUT2D eigenvalue weighted by molar-refractivity contribution is 6.33. The van der Waals surface area contributed by atoms with E-state index in [1.54, 1.807) is 0 Å². The molecule has 0 aromatic heterocycles. The number of hydrogen-bond donors (Lipinski definition) is 1. The molecule has 0 unspecified atom stereocenters. The fraction of sp³-hybridized carbons (Fsp3) is 0.250. The van der Waals surface area contributed by atoms with E-state index >= 15 is 0 Å². The molecule has 0 radical (unpaired) electrons. The first-order chi connectivity index (χ1) is 11.2. The lowest BCUT2D eigenvalue weighted by Crippen LogP contribution is -2.33. The normalized spacial score (nSPS) is 15.6. The van der Waals surface area contributed by atoms with Gasteiger partial charge < -0.3 is 5.32 Å². The number of carbonyl (C=O) groups excluding carboxylic acids is 1. The molecule has 0 heterocycles. The van der Waals surface area contributed by atoms with Crippen molar-refractivity contribution in [1.82, 2.24) is 5.32 Å². The molecule has 2 aromatic rings.